The van der Waals surface area contributed by atoms with Crippen molar-refractivity contribution >= 4 is 11.7 Å². The van der Waals surface area contributed by atoms with Gasteiger partial charge >= 0.3 is 12.2 Å². The average molecular weight is 373 g/mol. The molecule has 1 atom stereocenters. The van der Waals surface area contributed by atoms with Crippen LogP contribution in [0, 0.1) is 11.6 Å². The lowest BCUT2D eigenvalue weighted by molar-refractivity contribution is -0.154. The van der Waals surface area contributed by atoms with E-state index in [1.165, 1.54) is 0 Å². The molecule has 0 aromatic heterocycles. The molecule has 0 aliphatic rings. The fraction of sp³-hybridized carbons (Fsp3) is 0.235. The molecule has 2 aromatic carbocycles. The Labute approximate surface area is 146 Å². The summed E-state index contributed by atoms with van der Waals surface area (Å²) in [5.41, 5.74) is 0.310. The van der Waals surface area contributed by atoms with Crippen molar-refractivity contribution in [3.63, 3.8) is 0 Å². The Morgan fingerprint density at radius 1 is 1.04 bits per heavy atom. The topological polar surface area (TPSA) is 53.2 Å². The Morgan fingerprint density at radius 3 is 2.35 bits per heavy atom. The largest absolute Gasteiger partial charge is 0.405 e. The van der Waals surface area contributed by atoms with Crippen molar-refractivity contribution in [2.75, 3.05) is 11.9 Å². The Morgan fingerprint density at radius 2 is 1.73 bits per heavy atom. The number of carbonyl (C=O) groups excluding carboxylic acids is 1. The molecule has 4 nitrogen and oxygen atoms in total. The summed E-state index contributed by atoms with van der Waals surface area (Å²) in [6.45, 7) is -0.800. The number of carbonyl (C=O) groups is 1. The lowest BCUT2D eigenvalue weighted by Gasteiger charge is -2.22. The van der Waals surface area contributed by atoms with Gasteiger partial charge in [0.15, 0.2) is 0 Å². The summed E-state index contributed by atoms with van der Waals surface area (Å²) < 4.78 is 65.4. The van der Waals surface area contributed by atoms with Gasteiger partial charge < -0.3 is 16.0 Å². The number of alkyl halides is 3. The summed E-state index contributed by atoms with van der Waals surface area (Å²) in [5.74, 6) is -1.87. The maximum atomic E-state index is 13.4. The number of urea groups is 1. The molecular weight excluding hydrogens is 357 g/mol. The monoisotopic (exact) mass is 373 g/mol. The molecule has 2 aromatic rings. The summed E-state index contributed by atoms with van der Waals surface area (Å²) in [6, 6.07) is 7.87. The zero-order valence-corrected chi connectivity index (χ0v) is 13.4. The number of hydrogen-bond donors (Lipinski definition) is 3. The van der Waals surface area contributed by atoms with Crippen LogP contribution in [-0.2, 0) is 6.54 Å². The van der Waals surface area contributed by atoms with E-state index < -0.39 is 36.4 Å². The maximum absolute atomic E-state index is 13.4. The van der Waals surface area contributed by atoms with E-state index in [1.807, 2.05) is 10.6 Å². The highest BCUT2D eigenvalue weighted by atomic mass is 19.4. The summed E-state index contributed by atoms with van der Waals surface area (Å²) in [4.78, 5) is 11.7. The van der Waals surface area contributed by atoms with Gasteiger partial charge in [-0.15, -0.1) is 0 Å². The van der Waals surface area contributed by atoms with Crippen molar-refractivity contribution in [1.82, 2.24) is 10.6 Å². The van der Waals surface area contributed by atoms with Crippen LogP contribution in [0.2, 0.25) is 0 Å². The molecule has 140 valence electrons. The van der Waals surface area contributed by atoms with Gasteiger partial charge in [0.1, 0.15) is 17.7 Å². The molecule has 3 N–H and O–H groups in total. The van der Waals surface area contributed by atoms with Gasteiger partial charge in [0.25, 0.3) is 0 Å². The predicted octanol–water partition coefficient (Wildman–Crippen LogP) is 3.81. The number of hydrogen-bond acceptors (Lipinski definition) is 2. The summed E-state index contributed by atoms with van der Waals surface area (Å²) >= 11 is 0. The van der Waals surface area contributed by atoms with Gasteiger partial charge in [-0.05, 0) is 17.7 Å². The first kappa shape index (κ1) is 19.6. The smallest absolute Gasteiger partial charge is 0.336 e. The molecule has 0 aliphatic heterocycles. The average Bonchev–Trinajstić information content (AvgIpc) is 2.57. The minimum atomic E-state index is -4.59. The predicted molar refractivity (Wildman–Crippen MR) is 86.5 cm³/mol. The van der Waals surface area contributed by atoms with Crippen LogP contribution in [-0.4, -0.2) is 24.8 Å². The Balaban J connectivity index is 1.90. The van der Waals surface area contributed by atoms with Gasteiger partial charge in [-0.2, -0.15) is 13.2 Å². The minimum Gasteiger partial charge on any atom is -0.336 e. The van der Waals surface area contributed by atoms with Crippen LogP contribution in [0.25, 0.3) is 0 Å². The van der Waals surface area contributed by atoms with Crippen molar-refractivity contribution in [1.29, 1.82) is 0 Å². The molecule has 26 heavy (non-hydrogen) atoms. The van der Waals surface area contributed by atoms with Crippen molar-refractivity contribution in [3.8, 4) is 0 Å². The Kier molecular flexibility index (Phi) is 6.51. The first-order valence-corrected chi connectivity index (χ1v) is 7.59. The summed E-state index contributed by atoms with van der Waals surface area (Å²) in [6.07, 6.45) is -4.59. The quantitative estimate of drug-likeness (QED) is 0.675. The van der Waals surface area contributed by atoms with Crippen LogP contribution in [0.4, 0.5) is 32.4 Å². The van der Waals surface area contributed by atoms with Crippen LogP contribution >= 0.6 is 0 Å². The molecule has 0 saturated carbocycles. The number of halogens is 5. The van der Waals surface area contributed by atoms with Crippen LogP contribution in [0.1, 0.15) is 5.56 Å². The van der Waals surface area contributed by atoms with Crippen LogP contribution in [0.15, 0.2) is 48.5 Å². The van der Waals surface area contributed by atoms with E-state index in [4.69, 9.17) is 0 Å². The lowest BCUT2D eigenvalue weighted by Crippen LogP contribution is -2.50. The highest BCUT2D eigenvalue weighted by Crippen LogP contribution is 2.20. The van der Waals surface area contributed by atoms with E-state index >= 15 is 0 Å². The first-order chi connectivity index (χ1) is 12.3. The molecule has 0 spiro atoms. The summed E-state index contributed by atoms with van der Waals surface area (Å²) in [7, 11) is 0. The maximum Gasteiger partial charge on any atom is 0.405 e. The molecule has 0 aliphatic carbocycles. The summed E-state index contributed by atoms with van der Waals surface area (Å²) in [5, 5.41) is 6.38. The SMILES string of the molecule is O=C(NC[C@@H](NCc1ccccc1)C(F)(F)F)Nc1ccc(F)cc1F. The fourth-order valence-corrected chi connectivity index (χ4v) is 2.09. The minimum absolute atomic E-state index is 0.0408. The molecule has 2 rings (SSSR count). The van der Waals surface area contributed by atoms with E-state index in [0.717, 1.165) is 12.1 Å². The van der Waals surface area contributed by atoms with Gasteiger partial charge in [-0.1, -0.05) is 30.3 Å². The third-order valence-corrected chi connectivity index (χ3v) is 3.44. The van der Waals surface area contributed by atoms with Crippen LogP contribution in [0.5, 0.6) is 0 Å². The molecule has 9 heteroatoms. The molecule has 0 unspecified atom stereocenters. The molecule has 0 bridgehead atoms. The van der Waals surface area contributed by atoms with E-state index in [2.05, 4.69) is 5.32 Å². The molecule has 0 heterocycles. The molecular formula is C17H16F5N3O. The van der Waals surface area contributed by atoms with Crippen LogP contribution in [0.3, 0.4) is 0 Å². The lowest BCUT2D eigenvalue weighted by atomic mass is 10.2. The van der Waals surface area contributed by atoms with E-state index in [1.54, 1.807) is 30.3 Å². The van der Waals surface area contributed by atoms with Crippen molar-refractivity contribution < 1.29 is 26.7 Å². The third-order valence-electron chi connectivity index (χ3n) is 3.44. The Bertz CT molecular complexity index is 737. The first-order valence-electron chi connectivity index (χ1n) is 7.59. The van der Waals surface area contributed by atoms with E-state index in [0.29, 0.717) is 11.6 Å². The highest BCUT2D eigenvalue weighted by molar-refractivity contribution is 5.89. The second-order valence-electron chi connectivity index (χ2n) is 5.42. The van der Waals surface area contributed by atoms with Gasteiger partial charge in [0, 0.05) is 19.2 Å². The van der Waals surface area contributed by atoms with Crippen LogP contribution < -0.4 is 16.0 Å². The number of rotatable bonds is 6. The Hall–Kier alpha value is -2.68. The highest BCUT2D eigenvalue weighted by Gasteiger charge is 2.39. The van der Waals surface area contributed by atoms with Gasteiger partial charge in [-0.3, -0.25) is 0 Å². The second-order valence-corrected chi connectivity index (χ2v) is 5.42. The van der Waals surface area contributed by atoms with Gasteiger partial charge in [-0.25, -0.2) is 13.6 Å². The normalized spacial score (nSPS) is 12.5. The number of benzene rings is 2. The van der Waals surface area contributed by atoms with Gasteiger partial charge in [0.05, 0.1) is 5.69 Å². The zero-order valence-electron chi connectivity index (χ0n) is 13.4. The standard InChI is InChI=1S/C17H16F5N3O/c18-12-6-7-14(13(19)8-12)25-16(26)24-10-15(17(20,21)22)23-9-11-4-2-1-3-5-11/h1-8,15,23H,9-10H2,(H2,24,25,26)/t15-/m1/s1. The van der Waals surface area contributed by atoms with Crippen molar-refractivity contribution in [2.45, 2.75) is 18.8 Å². The van der Waals surface area contributed by atoms with Crippen molar-refractivity contribution in [3.05, 3.63) is 65.7 Å². The molecule has 2 amide bonds. The third kappa shape index (κ3) is 5.99. The zero-order chi connectivity index (χ0) is 19.2. The van der Waals surface area contributed by atoms with E-state index in [9.17, 15) is 26.7 Å². The molecule has 0 saturated heterocycles. The van der Waals surface area contributed by atoms with E-state index in [-0.39, 0.29) is 12.2 Å². The van der Waals surface area contributed by atoms with Gasteiger partial charge in [0.2, 0.25) is 0 Å². The fourth-order valence-electron chi connectivity index (χ4n) is 2.09. The molecule has 0 fully saturated rings. The number of nitrogens with one attached hydrogen (secondary N) is 3. The molecule has 0 radical (unpaired) electrons. The number of anilines is 1. The number of amides is 2. The van der Waals surface area contributed by atoms with Crippen molar-refractivity contribution in [2.24, 2.45) is 0 Å². The second kappa shape index (κ2) is 8.61.